The van der Waals surface area contributed by atoms with Gasteiger partial charge >= 0.3 is 0 Å². The summed E-state index contributed by atoms with van der Waals surface area (Å²) in [5.41, 5.74) is 0.0687. The summed E-state index contributed by atoms with van der Waals surface area (Å²) < 4.78 is 30.0. The lowest BCUT2D eigenvalue weighted by Gasteiger charge is -2.20. The second-order valence-corrected chi connectivity index (χ2v) is 9.17. The Kier molecular flexibility index (Phi) is 6.84. The lowest BCUT2D eigenvalue weighted by atomic mass is 10.3. The summed E-state index contributed by atoms with van der Waals surface area (Å²) in [4.78, 5) is 23.8. The zero-order chi connectivity index (χ0) is 21.8. The SMILES string of the molecule is O=C(CSc1ccc(Cl)cc1)N(CCCn1ccnc1)c1nc2c(F)cc(F)cc2s1. The Morgan fingerprint density at radius 2 is 2.03 bits per heavy atom. The molecule has 0 fully saturated rings. The van der Waals surface area contributed by atoms with Crippen LogP contribution >= 0.6 is 34.7 Å². The minimum absolute atomic E-state index is 0.0687. The van der Waals surface area contributed by atoms with Gasteiger partial charge in [-0.25, -0.2) is 18.7 Å². The highest BCUT2D eigenvalue weighted by Gasteiger charge is 2.21. The first kappa shape index (κ1) is 21.7. The second-order valence-electron chi connectivity index (χ2n) is 6.67. The van der Waals surface area contributed by atoms with Gasteiger partial charge in [0.15, 0.2) is 10.9 Å². The Morgan fingerprint density at radius 1 is 1.23 bits per heavy atom. The van der Waals surface area contributed by atoms with Gasteiger partial charge < -0.3 is 4.57 Å². The van der Waals surface area contributed by atoms with Crippen LogP contribution in [0.25, 0.3) is 10.2 Å². The average molecular weight is 479 g/mol. The zero-order valence-electron chi connectivity index (χ0n) is 16.2. The Bertz CT molecular complexity index is 1180. The van der Waals surface area contributed by atoms with E-state index in [2.05, 4.69) is 9.97 Å². The van der Waals surface area contributed by atoms with Crippen molar-refractivity contribution in [3.05, 3.63) is 71.8 Å². The van der Waals surface area contributed by atoms with E-state index >= 15 is 0 Å². The molecule has 0 spiro atoms. The second kappa shape index (κ2) is 9.76. The molecule has 31 heavy (non-hydrogen) atoms. The minimum Gasteiger partial charge on any atom is -0.337 e. The average Bonchev–Trinajstić information content (AvgIpc) is 3.40. The summed E-state index contributed by atoms with van der Waals surface area (Å²) >= 11 is 8.40. The van der Waals surface area contributed by atoms with Crippen molar-refractivity contribution < 1.29 is 13.6 Å². The number of fused-ring (bicyclic) bond motifs is 1. The van der Waals surface area contributed by atoms with Crippen LogP contribution in [0.3, 0.4) is 0 Å². The molecule has 0 N–H and O–H groups in total. The molecule has 0 aliphatic heterocycles. The van der Waals surface area contributed by atoms with Crippen LogP contribution in [0.15, 0.2) is 60.0 Å². The summed E-state index contributed by atoms with van der Waals surface area (Å²) in [7, 11) is 0. The summed E-state index contributed by atoms with van der Waals surface area (Å²) in [6.45, 7) is 1.06. The molecule has 0 radical (unpaired) electrons. The lowest BCUT2D eigenvalue weighted by Crippen LogP contribution is -2.33. The summed E-state index contributed by atoms with van der Waals surface area (Å²) in [5, 5.41) is 0.979. The number of thioether (sulfide) groups is 1. The molecule has 160 valence electrons. The van der Waals surface area contributed by atoms with Crippen molar-refractivity contribution in [3.63, 3.8) is 0 Å². The van der Waals surface area contributed by atoms with Gasteiger partial charge in [-0.1, -0.05) is 22.9 Å². The highest BCUT2D eigenvalue weighted by Crippen LogP contribution is 2.32. The molecule has 0 bridgehead atoms. The maximum atomic E-state index is 14.1. The number of carbonyl (C=O) groups is 1. The number of hydrogen-bond acceptors (Lipinski definition) is 5. The number of amides is 1. The fourth-order valence-electron chi connectivity index (χ4n) is 2.97. The van der Waals surface area contributed by atoms with Crippen molar-refractivity contribution >= 4 is 56.0 Å². The number of aromatic nitrogens is 3. The van der Waals surface area contributed by atoms with E-state index in [1.54, 1.807) is 29.6 Å². The van der Waals surface area contributed by atoms with E-state index in [0.29, 0.717) is 34.4 Å². The van der Waals surface area contributed by atoms with Gasteiger partial charge in [0.05, 0.1) is 16.8 Å². The van der Waals surface area contributed by atoms with E-state index in [1.807, 2.05) is 22.9 Å². The monoisotopic (exact) mass is 478 g/mol. The number of carbonyl (C=O) groups excluding carboxylic acids is 1. The molecule has 0 aliphatic carbocycles. The molecule has 2 heterocycles. The molecule has 0 saturated carbocycles. The molecule has 0 unspecified atom stereocenters. The number of thiazole rings is 1. The molecule has 1 amide bonds. The number of rotatable bonds is 8. The first-order valence-corrected chi connectivity index (χ1v) is 11.6. The number of aryl methyl sites for hydroxylation is 1. The van der Waals surface area contributed by atoms with Crippen molar-refractivity contribution in [1.82, 2.24) is 14.5 Å². The maximum absolute atomic E-state index is 14.1. The molecular weight excluding hydrogens is 462 g/mol. The smallest absolute Gasteiger partial charge is 0.239 e. The minimum atomic E-state index is -0.737. The van der Waals surface area contributed by atoms with Gasteiger partial charge in [0.1, 0.15) is 11.3 Å². The lowest BCUT2D eigenvalue weighted by molar-refractivity contribution is -0.116. The summed E-state index contributed by atoms with van der Waals surface area (Å²) in [6.07, 6.45) is 5.90. The Morgan fingerprint density at radius 3 is 2.77 bits per heavy atom. The standard InChI is InChI=1S/C21H17ClF2N4OS2/c22-14-2-4-16(5-3-14)30-12-19(29)28(8-1-7-27-9-6-25-13-27)21-26-20-17(24)10-15(23)11-18(20)31-21/h2-6,9-11,13H,1,7-8,12H2. The van der Waals surface area contributed by atoms with Gasteiger partial charge in [-0.05, 0) is 36.8 Å². The van der Waals surface area contributed by atoms with Crippen molar-refractivity contribution in [1.29, 1.82) is 0 Å². The van der Waals surface area contributed by atoms with Crippen LogP contribution in [-0.2, 0) is 11.3 Å². The van der Waals surface area contributed by atoms with Gasteiger partial charge in [0, 0.05) is 41.5 Å². The predicted octanol–water partition coefficient (Wildman–Crippen LogP) is 5.64. The van der Waals surface area contributed by atoms with Gasteiger partial charge in [-0.3, -0.25) is 9.69 Å². The maximum Gasteiger partial charge on any atom is 0.239 e. The van der Waals surface area contributed by atoms with Gasteiger partial charge in [-0.15, -0.1) is 11.8 Å². The molecule has 2 aromatic carbocycles. The normalized spacial score (nSPS) is 11.2. The molecule has 0 aliphatic rings. The number of benzene rings is 2. The molecule has 5 nitrogen and oxygen atoms in total. The van der Waals surface area contributed by atoms with Gasteiger partial charge in [0.25, 0.3) is 0 Å². The van der Waals surface area contributed by atoms with E-state index in [9.17, 15) is 13.6 Å². The molecule has 4 aromatic rings. The predicted molar refractivity (Wildman–Crippen MR) is 121 cm³/mol. The van der Waals surface area contributed by atoms with Crippen LogP contribution < -0.4 is 4.90 Å². The van der Waals surface area contributed by atoms with Crippen LogP contribution in [0.5, 0.6) is 0 Å². The van der Waals surface area contributed by atoms with Crippen molar-refractivity contribution in [2.24, 2.45) is 0 Å². The number of nitrogens with zero attached hydrogens (tertiary/aromatic N) is 4. The van der Waals surface area contributed by atoms with Crippen molar-refractivity contribution in [3.8, 4) is 0 Å². The number of hydrogen-bond donors (Lipinski definition) is 0. The summed E-state index contributed by atoms with van der Waals surface area (Å²) in [6, 6.07) is 9.26. The summed E-state index contributed by atoms with van der Waals surface area (Å²) in [5.74, 6) is -1.39. The van der Waals surface area contributed by atoms with Crippen LogP contribution in [0.4, 0.5) is 13.9 Å². The van der Waals surface area contributed by atoms with Crippen LogP contribution in [0.2, 0.25) is 5.02 Å². The van der Waals surface area contributed by atoms with Crippen molar-refractivity contribution in [2.75, 3.05) is 17.2 Å². The molecular formula is C21H17ClF2N4OS2. The number of imidazole rings is 1. The van der Waals surface area contributed by atoms with Crippen LogP contribution in [0.1, 0.15) is 6.42 Å². The van der Waals surface area contributed by atoms with Crippen LogP contribution in [-0.4, -0.2) is 32.7 Å². The van der Waals surface area contributed by atoms with E-state index in [0.717, 1.165) is 22.3 Å². The van der Waals surface area contributed by atoms with E-state index in [1.165, 1.54) is 17.8 Å². The highest BCUT2D eigenvalue weighted by atomic mass is 35.5. The Balaban J connectivity index is 1.53. The molecule has 4 rings (SSSR count). The topological polar surface area (TPSA) is 51.0 Å². The third kappa shape index (κ3) is 5.41. The third-order valence-electron chi connectivity index (χ3n) is 4.47. The van der Waals surface area contributed by atoms with Crippen LogP contribution in [0, 0.1) is 11.6 Å². The Labute approximate surface area is 190 Å². The first-order chi connectivity index (χ1) is 15.0. The molecule has 0 atom stereocenters. The third-order valence-corrected chi connectivity index (χ3v) is 6.74. The van der Waals surface area contributed by atoms with Crippen molar-refractivity contribution in [2.45, 2.75) is 17.9 Å². The number of anilines is 1. The Hall–Kier alpha value is -2.49. The van der Waals surface area contributed by atoms with E-state index in [-0.39, 0.29) is 17.2 Å². The van der Waals surface area contributed by atoms with Gasteiger partial charge in [0.2, 0.25) is 5.91 Å². The fourth-order valence-corrected chi connectivity index (χ4v) is 4.92. The quantitative estimate of drug-likeness (QED) is 0.307. The molecule has 10 heteroatoms. The zero-order valence-corrected chi connectivity index (χ0v) is 18.6. The molecule has 2 aromatic heterocycles. The van der Waals surface area contributed by atoms with E-state index in [4.69, 9.17) is 11.6 Å². The number of halogens is 3. The first-order valence-electron chi connectivity index (χ1n) is 9.39. The fraction of sp³-hybridized carbons (Fsp3) is 0.190. The highest BCUT2D eigenvalue weighted by molar-refractivity contribution is 8.00. The van der Waals surface area contributed by atoms with Gasteiger partial charge in [-0.2, -0.15) is 0 Å². The van der Waals surface area contributed by atoms with E-state index < -0.39 is 11.6 Å². The molecule has 0 saturated heterocycles. The largest absolute Gasteiger partial charge is 0.337 e.